The third-order valence-corrected chi connectivity index (χ3v) is 3.10. The van der Waals surface area contributed by atoms with Gasteiger partial charge in [-0.25, -0.2) is 9.18 Å². The summed E-state index contributed by atoms with van der Waals surface area (Å²) in [6.07, 6.45) is 2.61. The Labute approximate surface area is 124 Å². The molecule has 1 aliphatic rings. The fraction of sp³-hybridized carbons (Fsp3) is 0.600. The molecule has 1 aromatic rings. The van der Waals surface area contributed by atoms with E-state index < -0.39 is 17.5 Å². The van der Waals surface area contributed by atoms with E-state index in [1.165, 1.54) is 11.1 Å². The van der Waals surface area contributed by atoms with E-state index in [1.54, 1.807) is 0 Å². The number of nitrogens with zero attached hydrogens (tertiary/aromatic N) is 2. The fourth-order valence-corrected chi connectivity index (χ4v) is 2.11. The molecular formula is C15H21FN2O3. The van der Waals surface area contributed by atoms with Crippen molar-refractivity contribution in [2.45, 2.75) is 52.4 Å². The van der Waals surface area contributed by atoms with Crippen LogP contribution in [0.15, 0.2) is 12.4 Å². The lowest BCUT2D eigenvalue weighted by atomic mass is 10.2. The van der Waals surface area contributed by atoms with E-state index in [1.807, 2.05) is 27.7 Å². The number of fused-ring (bicyclic) bond motifs is 1. The molecule has 0 bridgehead atoms. The summed E-state index contributed by atoms with van der Waals surface area (Å²) in [5, 5.41) is 0. The number of rotatable bonds is 1. The molecule has 5 nitrogen and oxygen atoms in total. The monoisotopic (exact) mass is 296 g/mol. The molecule has 0 fully saturated rings. The average Bonchev–Trinajstić information content (AvgIpc) is 2.57. The number of hydrogen-bond donors (Lipinski definition) is 0. The van der Waals surface area contributed by atoms with Crippen molar-refractivity contribution in [2.24, 2.45) is 0 Å². The first kappa shape index (κ1) is 15.5. The highest BCUT2D eigenvalue weighted by Crippen LogP contribution is 2.28. The third-order valence-electron chi connectivity index (χ3n) is 3.10. The third kappa shape index (κ3) is 3.83. The number of hydrogen-bond acceptors (Lipinski definition) is 4. The van der Waals surface area contributed by atoms with Crippen molar-refractivity contribution >= 4 is 6.09 Å². The zero-order chi connectivity index (χ0) is 15.6. The second kappa shape index (κ2) is 5.87. The van der Waals surface area contributed by atoms with E-state index in [0.717, 1.165) is 6.20 Å². The van der Waals surface area contributed by atoms with Crippen LogP contribution in [0.5, 0.6) is 5.75 Å². The maximum atomic E-state index is 13.8. The molecule has 0 saturated heterocycles. The summed E-state index contributed by atoms with van der Waals surface area (Å²) < 4.78 is 24.9. The highest BCUT2D eigenvalue weighted by molar-refractivity contribution is 5.68. The standard InChI is InChI=1S/C15H21FN2O3/c1-5-11-9-18(14(19)21-15(2,3)4)8-10-6-17-7-12(16)13(10)20-11/h6-7,11H,5,8-9H2,1-4H3/t11-/m1/s1. The molecule has 0 unspecified atom stereocenters. The topological polar surface area (TPSA) is 51.7 Å². The molecule has 116 valence electrons. The summed E-state index contributed by atoms with van der Waals surface area (Å²) in [6.45, 7) is 7.95. The maximum Gasteiger partial charge on any atom is 0.410 e. The van der Waals surface area contributed by atoms with Crippen LogP contribution in [0.4, 0.5) is 9.18 Å². The molecule has 2 heterocycles. The highest BCUT2D eigenvalue weighted by atomic mass is 19.1. The van der Waals surface area contributed by atoms with Gasteiger partial charge in [0.2, 0.25) is 0 Å². The lowest BCUT2D eigenvalue weighted by Gasteiger charge is -2.27. The van der Waals surface area contributed by atoms with E-state index in [4.69, 9.17) is 9.47 Å². The van der Waals surface area contributed by atoms with E-state index in [0.29, 0.717) is 18.5 Å². The summed E-state index contributed by atoms with van der Waals surface area (Å²) in [6, 6.07) is 0. The van der Waals surface area contributed by atoms with Gasteiger partial charge in [0.25, 0.3) is 0 Å². The Bertz CT molecular complexity index is 528. The first-order valence-corrected chi connectivity index (χ1v) is 7.07. The van der Waals surface area contributed by atoms with Crippen molar-refractivity contribution in [2.75, 3.05) is 6.54 Å². The minimum absolute atomic E-state index is 0.183. The molecule has 0 aromatic carbocycles. The van der Waals surface area contributed by atoms with Crippen molar-refractivity contribution in [1.82, 2.24) is 9.88 Å². The summed E-state index contributed by atoms with van der Waals surface area (Å²) in [5.74, 6) is -0.320. The van der Waals surface area contributed by atoms with Gasteiger partial charge in [-0.1, -0.05) is 6.92 Å². The van der Waals surface area contributed by atoms with Gasteiger partial charge in [-0.3, -0.25) is 9.88 Å². The van der Waals surface area contributed by atoms with Crippen molar-refractivity contribution in [3.63, 3.8) is 0 Å². The summed E-state index contributed by atoms with van der Waals surface area (Å²) in [4.78, 5) is 17.6. The number of carbonyl (C=O) groups excluding carboxylic acids is 1. The van der Waals surface area contributed by atoms with E-state index >= 15 is 0 Å². The smallest absolute Gasteiger partial charge is 0.410 e. The van der Waals surface area contributed by atoms with Crippen molar-refractivity contribution in [3.8, 4) is 5.75 Å². The first-order valence-electron chi connectivity index (χ1n) is 7.07. The van der Waals surface area contributed by atoms with Gasteiger partial charge in [0.15, 0.2) is 11.6 Å². The van der Waals surface area contributed by atoms with Crippen molar-refractivity contribution < 1.29 is 18.7 Å². The molecule has 0 spiro atoms. The Morgan fingerprint density at radius 2 is 2.24 bits per heavy atom. The van der Waals surface area contributed by atoms with Gasteiger partial charge >= 0.3 is 6.09 Å². The van der Waals surface area contributed by atoms with Crippen LogP contribution in [0.1, 0.15) is 39.7 Å². The number of carbonyl (C=O) groups is 1. The van der Waals surface area contributed by atoms with Gasteiger partial charge in [0.05, 0.1) is 19.3 Å². The van der Waals surface area contributed by atoms with Crippen LogP contribution in [0, 0.1) is 5.82 Å². The highest BCUT2D eigenvalue weighted by Gasteiger charge is 2.30. The van der Waals surface area contributed by atoms with Gasteiger partial charge in [0.1, 0.15) is 11.7 Å². The van der Waals surface area contributed by atoms with Gasteiger partial charge in [-0.05, 0) is 27.2 Å². The predicted molar refractivity (Wildman–Crippen MR) is 75.5 cm³/mol. The maximum absolute atomic E-state index is 13.8. The number of ether oxygens (including phenoxy) is 2. The summed E-state index contributed by atoms with van der Waals surface area (Å²) in [7, 11) is 0. The predicted octanol–water partition coefficient (Wildman–Crippen LogP) is 3.13. The van der Waals surface area contributed by atoms with Gasteiger partial charge in [-0.15, -0.1) is 0 Å². The van der Waals surface area contributed by atoms with Crippen LogP contribution < -0.4 is 4.74 Å². The molecular weight excluding hydrogens is 275 g/mol. The normalized spacial score (nSPS) is 18.5. The van der Waals surface area contributed by atoms with E-state index in [9.17, 15) is 9.18 Å². The van der Waals surface area contributed by atoms with Crippen LogP contribution >= 0.6 is 0 Å². The zero-order valence-corrected chi connectivity index (χ0v) is 12.9. The Morgan fingerprint density at radius 1 is 1.52 bits per heavy atom. The molecule has 0 aliphatic carbocycles. The summed E-state index contributed by atoms with van der Waals surface area (Å²) >= 11 is 0. The fourth-order valence-electron chi connectivity index (χ4n) is 2.11. The van der Waals surface area contributed by atoms with Gasteiger partial charge in [-0.2, -0.15) is 0 Å². The van der Waals surface area contributed by atoms with Crippen LogP contribution in [0.25, 0.3) is 0 Å². The molecule has 21 heavy (non-hydrogen) atoms. The van der Waals surface area contributed by atoms with Crippen LogP contribution in [-0.4, -0.2) is 34.2 Å². The molecule has 1 amide bonds. The Morgan fingerprint density at radius 3 is 2.86 bits per heavy atom. The minimum Gasteiger partial charge on any atom is -0.485 e. The SMILES string of the molecule is CC[C@@H]1CN(C(=O)OC(C)(C)C)Cc2cncc(F)c2O1. The molecule has 2 rings (SSSR count). The number of pyridine rings is 1. The Hall–Kier alpha value is -1.85. The molecule has 1 aliphatic heterocycles. The second-order valence-corrected chi connectivity index (χ2v) is 6.12. The number of halogens is 1. The molecule has 0 radical (unpaired) electrons. The van der Waals surface area contributed by atoms with Gasteiger partial charge < -0.3 is 9.47 Å². The number of amides is 1. The second-order valence-electron chi connectivity index (χ2n) is 6.12. The van der Waals surface area contributed by atoms with Crippen LogP contribution in [0.2, 0.25) is 0 Å². The number of aromatic nitrogens is 1. The minimum atomic E-state index is -0.574. The Kier molecular flexibility index (Phi) is 4.34. The lowest BCUT2D eigenvalue weighted by Crippen LogP contribution is -2.40. The van der Waals surface area contributed by atoms with Gasteiger partial charge in [0, 0.05) is 11.8 Å². The largest absolute Gasteiger partial charge is 0.485 e. The zero-order valence-electron chi connectivity index (χ0n) is 12.9. The Balaban J connectivity index is 2.26. The quantitative estimate of drug-likeness (QED) is 0.799. The lowest BCUT2D eigenvalue weighted by molar-refractivity contribution is 0.0176. The molecule has 1 aromatic heterocycles. The average molecular weight is 296 g/mol. The van der Waals surface area contributed by atoms with E-state index in [2.05, 4.69) is 4.98 Å². The molecule has 0 saturated carbocycles. The molecule has 0 N–H and O–H groups in total. The van der Waals surface area contributed by atoms with Crippen LogP contribution in [-0.2, 0) is 11.3 Å². The first-order chi connectivity index (χ1) is 9.80. The van der Waals surface area contributed by atoms with Crippen molar-refractivity contribution in [1.29, 1.82) is 0 Å². The van der Waals surface area contributed by atoms with E-state index in [-0.39, 0.29) is 18.4 Å². The summed E-state index contributed by atoms with van der Waals surface area (Å²) in [5.41, 5.74) is -0.0218. The van der Waals surface area contributed by atoms with Crippen molar-refractivity contribution in [3.05, 3.63) is 23.8 Å². The van der Waals surface area contributed by atoms with Crippen LogP contribution in [0.3, 0.4) is 0 Å². The molecule has 6 heteroatoms. The molecule has 1 atom stereocenters.